The fraction of sp³-hybridized carbons (Fsp3) is 0.176. The molecule has 0 aliphatic carbocycles. The van der Waals surface area contributed by atoms with Gasteiger partial charge in [0.2, 0.25) is 0 Å². The molecule has 0 radical (unpaired) electrons. The summed E-state index contributed by atoms with van der Waals surface area (Å²) >= 11 is 7.06. The minimum absolute atomic E-state index is 0.00388. The molecule has 0 bridgehead atoms. The average Bonchev–Trinajstić information content (AvgIpc) is 2.48. The van der Waals surface area contributed by atoms with Gasteiger partial charge in [0.1, 0.15) is 0 Å². The van der Waals surface area contributed by atoms with Crippen molar-refractivity contribution >= 4 is 34.3 Å². The highest BCUT2D eigenvalue weighted by molar-refractivity contribution is 8.13. The summed E-state index contributed by atoms with van der Waals surface area (Å²) in [5.74, 6) is 0.0318. The van der Waals surface area contributed by atoms with Crippen LogP contribution in [0.2, 0.25) is 5.02 Å². The lowest BCUT2D eigenvalue weighted by Gasteiger charge is -2.15. The fourth-order valence-corrected chi connectivity index (χ4v) is 3.07. The maximum Gasteiger partial charge on any atom is 0.186 e. The maximum atomic E-state index is 12.3. The number of Topliss-reactive ketones (excluding diaryl/α,β-unsaturated/α-hetero) is 1. The smallest absolute Gasteiger partial charge is 0.186 e. The van der Waals surface area contributed by atoms with E-state index in [-0.39, 0.29) is 22.6 Å². The second-order valence-electron chi connectivity index (χ2n) is 4.64. The van der Waals surface area contributed by atoms with Crippen molar-refractivity contribution in [1.29, 1.82) is 0 Å². The standard InChI is InChI=1S/C17H15ClO2S/c1-12(19)21-17(14-7-9-15(18)10-8-14)11-16(20)13-5-3-2-4-6-13/h2-10,17H,11H2,1H3/t17-/m1/s1. The molecule has 0 heterocycles. The number of ketones is 1. The van der Waals surface area contributed by atoms with Crippen LogP contribution in [-0.2, 0) is 4.79 Å². The Balaban J connectivity index is 2.18. The third-order valence-electron chi connectivity index (χ3n) is 3.02. The Kier molecular flexibility index (Phi) is 5.59. The SMILES string of the molecule is CC(=O)S[C@H](CC(=O)c1ccccc1)c1ccc(Cl)cc1. The molecule has 2 nitrogen and oxygen atoms in total. The molecule has 0 aliphatic heterocycles. The van der Waals surface area contributed by atoms with Gasteiger partial charge in [-0.05, 0) is 17.7 Å². The van der Waals surface area contributed by atoms with Crippen molar-refractivity contribution in [3.8, 4) is 0 Å². The van der Waals surface area contributed by atoms with E-state index in [2.05, 4.69) is 0 Å². The van der Waals surface area contributed by atoms with E-state index >= 15 is 0 Å². The van der Waals surface area contributed by atoms with Gasteiger partial charge in [0.05, 0.1) is 0 Å². The van der Waals surface area contributed by atoms with Gasteiger partial charge in [0, 0.05) is 29.2 Å². The van der Waals surface area contributed by atoms with E-state index in [4.69, 9.17) is 11.6 Å². The minimum atomic E-state index is -0.188. The van der Waals surface area contributed by atoms with Gasteiger partial charge < -0.3 is 0 Å². The lowest BCUT2D eigenvalue weighted by molar-refractivity contribution is -0.109. The number of rotatable bonds is 5. The Labute approximate surface area is 133 Å². The second-order valence-corrected chi connectivity index (χ2v) is 6.46. The first-order chi connectivity index (χ1) is 10.1. The monoisotopic (exact) mass is 318 g/mol. The quantitative estimate of drug-likeness (QED) is 0.733. The topological polar surface area (TPSA) is 34.1 Å². The molecule has 108 valence electrons. The van der Waals surface area contributed by atoms with E-state index in [1.807, 2.05) is 30.3 Å². The number of hydrogen-bond donors (Lipinski definition) is 0. The third-order valence-corrected chi connectivity index (χ3v) is 4.32. The van der Waals surface area contributed by atoms with Crippen molar-refractivity contribution in [3.05, 3.63) is 70.7 Å². The van der Waals surface area contributed by atoms with Crippen molar-refractivity contribution in [2.24, 2.45) is 0 Å². The van der Waals surface area contributed by atoms with Crippen LogP contribution in [0.1, 0.15) is 34.5 Å². The van der Waals surface area contributed by atoms with E-state index in [1.165, 1.54) is 18.7 Å². The molecule has 0 unspecified atom stereocenters. The molecular weight excluding hydrogens is 304 g/mol. The Morgan fingerprint density at radius 1 is 1.05 bits per heavy atom. The largest absolute Gasteiger partial charge is 0.294 e. The van der Waals surface area contributed by atoms with Gasteiger partial charge in [-0.25, -0.2) is 0 Å². The molecule has 2 aromatic carbocycles. The Hall–Kier alpha value is -1.58. The number of carbonyl (C=O) groups excluding carboxylic acids is 2. The van der Waals surface area contributed by atoms with E-state index in [1.54, 1.807) is 24.3 Å². The van der Waals surface area contributed by atoms with Crippen LogP contribution in [0.25, 0.3) is 0 Å². The summed E-state index contributed by atoms with van der Waals surface area (Å²) in [6, 6.07) is 16.4. The van der Waals surface area contributed by atoms with Crippen LogP contribution < -0.4 is 0 Å². The molecule has 0 fully saturated rings. The van der Waals surface area contributed by atoms with Crippen molar-refractivity contribution in [1.82, 2.24) is 0 Å². The molecule has 2 rings (SSSR count). The molecular formula is C17H15ClO2S. The van der Waals surface area contributed by atoms with Crippen LogP contribution in [0, 0.1) is 0 Å². The molecule has 2 aromatic rings. The van der Waals surface area contributed by atoms with Gasteiger partial charge in [-0.3, -0.25) is 9.59 Å². The fourth-order valence-electron chi connectivity index (χ4n) is 2.02. The van der Waals surface area contributed by atoms with Crippen LogP contribution in [-0.4, -0.2) is 10.9 Å². The summed E-state index contributed by atoms with van der Waals surface area (Å²) in [5, 5.41) is 0.447. The summed E-state index contributed by atoms with van der Waals surface area (Å²) in [4.78, 5) is 23.8. The number of hydrogen-bond acceptors (Lipinski definition) is 3. The summed E-state index contributed by atoms with van der Waals surface area (Å²) in [6.07, 6.45) is 0.288. The molecule has 0 aromatic heterocycles. The van der Waals surface area contributed by atoms with E-state index in [0.717, 1.165) is 5.56 Å². The van der Waals surface area contributed by atoms with Crippen LogP contribution in [0.5, 0.6) is 0 Å². The highest BCUT2D eigenvalue weighted by Gasteiger charge is 2.19. The molecule has 0 spiro atoms. The van der Waals surface area contributed by atoms with Gasteiger partial charge >= 0.3 is 0 Å². The van der Waals surface area contributed by atoms with Crippen molar-refractivity contribution in [2.45, 2.75) is 18.6 Å². The summed E-state index contributed by atoms with van der Waals surface area (Å²) in [5.41, 5.74) is 1.60. The first kappa shape index (κ1) is 15.8. The zero-order valence-corrected chi connectivity index (χ0v) is 13.2. The molecule has 4 heteroatoms. The predicted octanol–water partition coefficient (Wildman–Crippen LogP) is 4.93. The van der Waals surface area contributed by atoms with Crippen LogP contribution in [0.4, 0.5) is 0 Å². The van der Waals surface area contributed by atoms with Crippen molar-refractivity contribution in [2.75, 3.05) is 0 Å². The average molecular weight is 319 g/mol. The molecule has 0 amide bonds. The first-order valence-corrected chi connectivity index (χ1v) is 7.83. The lowest BCUT2D eigenvalue weighted by Crippen LogP contribution is -2.06. The number of halogens is 1. The zero-order valence-electron chi connectivity index (χ0n) is 11.6. The van der Waals surface area contributed by atoms with Gasteiger partial charge in [-0.15, -0.1) is 0 Å². The van der Waals surface area contributed by atoms with Gasteiger partial charge in [0.25, 0.3) is 0 Å². The predicted molar refractivity (Wildman–Crippen MR) is 87.9 cm³/mol. The minimum Gasteiger partial charge on any atom is -0.294 e. The number of carbonyl (C=O) groups is 2. The molecule has 21 heavy (non-hydrogen) atoms. The maximum absolute atomic E-state index is 12.3. The lowest BCUT2D eigenvalue weighted by atomic mass is 10.0. The van der Waals surface area contributed by atoms with E-state index in [9.17, 15) is 9.59 Å². The highest BCUT2D eigenvalue weighted by atomic mass is 35.5. The Morgan fingerprint density at radius 2 is 1.67 bits per heavy atom. The highest BCUT2D eigenvalue weighted by Crippen LogP contribution is 2.34. The Bertz CT molecular complexity index is 623. The second kappa shape index (κ2) is 7.43. The van der Waals surface area contributed by atoms with Crippen LogP contribution in [0.3, 0.4) is 0 Å². The van der Waals surface area contributed by atoms with Gasteiger partial charge in [-0.1, -0.05) is 65.8 Å². The number of benzene rings is 2. The Morgan fingerprint density at radius 3 is 2.24 bits per heavy atom. The molecule has 1 atom stereocenters. The molecule has 0 aliphatic rings. The third kappa shape index (κ3) is 4.73. The van der Waals surface area contributed by atoms with E-state index < -0.39 is 0 Å². The zero-order chi connectivity index (χ0) is 15.2. The molecule has 0 saturated carbocycles. The summed E-state index contributed by atoms with van der Waals surface area (Å²) in [7, 11) is 0. The van der Waals surface area contributed by atoms with Crippen LogP contribution in [0.15, 0.2) is 54.6 Å². The molecule has 0 saturated heterocycles. The normalized spacial score (nSPS) is 11.9. The first-order valence-electron chi connectivity index (χ1n) is 6.57. The van der Waals surface area contributed by atoms with Gasteiger partial charge in [-0.2, -0.15) is 0 Å². The summed E-state index contributed by atoms with van der Waals surface area (Å²) in [6.45, 7) is 1.51. The summed E-state index contributed by atoms with van der Waals surface area (Å²) < 4.78 is 0. The molecule has 0 N–H and O–H groups in total. The van der Waals surface area contributed by atoms with Crippen molar-refractivity contribution in [3.63, 3.8) is 0 Å². The van der Waals surface area contributed by atoms with Crippen LogP contribution >= 0.6 is 23.4 Å². The van der Waals surface area contributed by atoms with Crippen molar-refractivity contribution < 1.29 is 9.59 Å². The van der Waals surface area contributed by atoms with E-state index in [0.29, 0.717) is 10.6 Å². The van der Waals surface area contributed by atoms with Gasteiger partial charge in [0.15, 0.2) is 10.9 Å². The number of thioether (sulfide) groups is 1.